The predicted octanol–water partition coefficient (Wildman–Crippen LogP) is 5.40. The molecule has 2 aromatic carbocycles. The number of thiazole rings is 1. The molecule has 0 radical (unpaired) electrons. The normalized spacial score (nSPS) is 20.7. The molecule has 0 bridgehead atoms. The fourth-order valence-electron chi connectivity index (χ4n) is 4.84. The molecule has 1 N–H and O–H groups in total. The largest absolute Gasteiger partial charge is 0.353 e. The molecule has 0 spiro atoms. The maximum absolute atomic E-state index is 13.7. The van der Waals surface area contributed by atoms with Gasteiger partial charge in [0.25, 0.3) is 0 Å². The highest BCUT2D eigenvalue weighted by Crippen LogP contribution is 2.36. The van der Waals surface area contributed by atoms with Crippen molar-refractivity contribution in [3.8, 4) is 10.6 Å². The SMILES string of the molecule is Cc1sc(-c2ccccc2)nc1CC(=O)NC1CCC(Cc2cccc(F)c2)(N(C)C)CC1. The van der Waals surface area contributed by atoms with Crippen molar-refractivity contribution in [2.24, 2.45) is 0 Å². The molecule has 0 atom stereocenters. The van der Waals surface area contributed by atoms with Crippen LogP contribution in [0, 0.1) is 12.7 Å². The Morgan fingerprint density at radius 1 is 1.15 bits per heavy atom. The molecule has 1 amide bonds. The molecule has 6 heteroatoms. The zero-order valence-corrected chi connectivity index (χ0v) is 20.4. The number of aromatic nitrogens is 1. The van der Waals surface area contributed by atoms with E-state index in [9.17, 15) is 9.18 Å². The standard InChI is InChI=1S/C27H32FN3OS/c1-19-24(30-26(33-19)21-9-5-4-6-10-21)17-25(32)29-23-12-14-27(15-13-23,31(2)3)18-20-8-7-11-22(28)16-20/h4-11,16,23H,12-15,17-18H2,1-3H3,(H,29,32). The van der Waals surface area contributed by atoms with Crippen molar-refractivity contribution in [2.75, 3.05) is 14.1 Å². The molecule has 1 aromatic heterocycles. The van der Waals surface area contributed by atoms with Crippen molar-refractivity contribution in [3.05, 3.63) is 76.5 Å². The maximum atomic E-state index is 13.7. The first-order valence-electron chi connectivity index (χ1n) is 11.6. The Bertz CT molecular complexity index is 1090. The number of nitrogens with one attached hydrogen (secondary N) is 1. The lowest BCUT2D eigenvalue weighted by molar-refractivity contribution is -0.121. The Morgan fingerprint density at radius 2 is 1.88 bits per heavy atom. The summed E-state index contributed by atoms with van der Waals surface area (Å²) in [5.41, 5.74) is 2.97. The number of carbonyl (C=O) groups is 1. The lowest BCUT2D eigenvalue weighted by atomic mass is 9.74. The molecule has 174 valence electrons. The van der Waals surface area contributed by atoms with Crippen LogP contribution in [-0.4, -0.2) is 41.5 Å². The first-order valence-corrected chi connectivity index (χ1v) is 12.4. The van der Waals surface area contributed by atoms with E-state index in [2.05, 4.69) is 24.3 Å². The van der Waals surface area contributed by atoms with Crippen LogP contribution in [0.1, 0.15) is 41.8 Å². The van der Waals surface area contributed by atoms with Crippen LogP contribution in [-0.2, 0) is 17.6 Å². The topological polar surface area (TPSA) is 45.2 Å². The molecule has 4 nitrogen and oxygen atoms in total. The third-order valence-electron chi connectivity index (χ3n) is 6.89. The number of hydrogen-bond donors (Lipinski definition) is 1. The number of aryl methyl sites for hydroxylation is 1. The fourth-order valence-corrected chi connectivity index (χ4v) is 5.77. The summed E-state index contributed by atoms with van der Waals surface area (Å²) in [6, 6.07) is 17.2. The van der Waals surface area contributed by atoms with E-state index in [1.54, 1.807) is 23.5 Å². The van der Waals surface area contributed by atoms with Gasteiger partial charge in [-0.15, -0.1) is 11.3 Å². The van der Waals surface area contributed by atoms with E-state index >= 15 is 0 Å². The van der Waals surface area contributed by atoms with Crippen LogP contribution in [0.2, 0.25) is 0 Å². The van der Waals surface area contributed by atoms with Gasteiger partial charge in [-0.2, -0.15) is 0 Å². The number of carbonyl (C=O) groups excluding carboxylic acids is 1. The number of halogens is 1. The Kier molecular flexibility index (Phi) is 7.25. The number of amides is 1. The Labute approximate surface area is 199 Å². The summed E-state index contributed by atoms with van der Waals surface area (Å²) in [6.45, 7) is 2.03. The van der Waals surface area contributed by atoms with Gasteiger partial charge in [0.15, 0.2) is 0 Å². The molecule has 1 saturated carbocycles. The minimum Gasteiger partial charge on any atom is -0.353 e. The van der Waals surface area contributed by atoms with Gasteiger partial charge in [-0.3, -0.25) is 4.79 Å². The van der Waals surface area contributed by atoms with Crippen LogP contribution in [0.3, 0.4) is 0 Å². The van der Waals surface area contributed by atoms with Gasteiger partial charge in [-0.1, -0.05) is 42.5 Å². The van der Waals surface area contributed by atoms with Gasteiger partial charge in [0.1, 0.15) is 10.8 Å². The number of rotatable bonds is 7. The Morgan fingerprint density at radius 3 is 2.55 bits per heavy atom. The van der Waals surface area contributed by atoms with Gasteiger partial charge in [0.05, 0.1) is 12.1 Å². The number of benzene rings is 2. The third kappa shape index (κ3) is 5.68. The second-order valence-electron chi connectivity index (χ2n) is 9.33. The summed E-state index contributed by atoms with van der Waals surface area (Å²) in [7, 11) is 4.21. The van der Waals surface area contributed by atoms with Crippen molar-refractivity contribution >= 4 is 17.2 Å². The smallest absolute Gasteiger partial charge is 0.226 e. The van der Waals surface area contributed by atoms with Crippen molar-refractivity contribution in [1.82, 2.24) is 15.2 Å². The van der Waals surface area contributed by atoms with E-state index < -0.39 is 0 Å². The quantitative estimate of drug-likeness (QED) is 0.508. The highest BCUT2D eigenvalue weighted by molar-refractivity contribution is 7.15. The minimum atomic E-state index is -0.185. The minimum absolute atomic E-state index is 0.00882. The molecule has 0 saturated heterocycles. The Balaban J connectivity index is 1.35. The van der Waals surface area contributed by atoms with Crippen molar-refractivity contribution in [1.29, 1.82) is 0 Å². The zero-order valence-electron chi connectivity index (χ0n) is 19.6. The van der Waals surface area contributed by atoms with Crippen LogP contribution >= 0.6 is 11.3 Å². The summed E-state index contributed by atoms with van der Waals surface area (Å²) in [6.07, 6.45) is 4.91. The lowest BCUT2D eigenvalue weighted by Gasteiger charge is -2.45. The summed E-state index contributed by atoms with van der Waals surface area (Å²) < 4.78 is 13.7. The van der Waals surface area contributed by atoms with Gasteiger partial charge in [-0.05, 0) is 70.8 Å². The molecule has 0 aliphatic heterocycles. The van der Waals surface area contributed by atoms with E-state index in [1.165, 1.54) is 6.07 Å². The second-order valence-corrected chi connectivity index (χ2v) is 10.5. The third-order valence-corrected chi connectivity index (χ3v) is 7.96. The monoisotopic (exact) mass is 465 g/mol. The van der Waals surface area contributed by atoms with E-state index in [-0.39, 0.29) is 23.3 Å². The van der Waals surface area contributed by atoms with E-state index in [0.717, 1.165) is 58.8 Å². The number of hydrogen-bond acceptors (Lipinski definition) is 4. The van der Waals surface area contributed by atoms with E-state index in [1.807, 2.05) is 43.3 Å². The highest BCUT2D eigenvalue weighted by Gasteiger charge is 2.37. The Hall–Kier alpha value is -2.57. The van der Waals surface area contributed by atoms with E-state index in [4.69, 9.17) is 4.98 Å². The van der Waals surface area contributed by atoms with Crippen LogP contribution in [0.5, 0.6) is 0 Å². The zero-order chi connectivity index (χ0) is 23.4. The van der Waals surface area contributed by atoms with Crippen LogP contribution in [0.4, 0.5) is 4.39 Å². The van der Waals surface area contributed by atoms with Crippen molar-refractivity contribution in [2.45, 2.75) is 57.0 Å². The average Bonchev–Trinajstić information content (AvgIpc) is 3.16. The summed E-state index contributed by atoms with van der Waals surface area (Å²) >= 11 is 1.64. The van der Waals surface area contributed by atoms with Crippen LogP contribution in [0.15, 0.2) is 54.6 Å². The molecule has 1 aliphatic carbocycles. The molecule has 3 aromatic rings. The summed E-state index contributed by atoms with van der Waals surface area (Å²) in [4.78, 5) is 20.9. The van der Waals surface area contributed by atoms with E-state index in [0.29, 0.717) is 6.42 Å². The average molecular weight is 466 g/mol. The number of nitrogens with zero attached hydrogens (tertiary/aromatic N) is 2. The first-order chi connectivity index (χ1) is 15.8. The molecule has 0 unspecified atom stereocenters. The molecule has 1 aliphatic rings. The molecule has 1 fully saturated rings. The maximum Gasteiger partial charge on any atom is 0.226 e. The van der Waals surface area contributed by atoms with Gasteiger partial charge in [-0.25, -0.2) is 9.37 Å². The lowest BCUT2D eigenvalue weighted by Crippen LogP contribution is -2.52. The van der Waals surface area contributed by atoms with Crippen LogP contribution < -0.4 is 5.32 Å². The molecular formula is C27H32FN3OS. The van der Waals surface area contributed by atoms with Gasteiger partial charge in [0.2, 0.25) is 5.91 Å². The summed E-state index contributed by atoms with van der Waals surface area (Å²) in [5.74, 6) is -0.148. The highest BCUT2D eigenvalue weighted by atomic mass is 32.1. The fraction of sp³-hybridized carbons (Fsp3) is 0.407. The van der Waals surface area contributed by atoms with Gasteiger partial charge >= 0.3 is 0 Å². The summed E-state index contributed by atoms with van der Waals surface area (Å²) in [5, 5.41) is 4.20. The molecule has 4 rings (SSSR count). The van der Waals surface area contributed by atoms with Gasteiger partial charge < -0.3 is 10.2 Å². The second kappa shape index (κ2) is 10.1. The molecule has 1 heterocycles. The van der Waals surface area contributed by atoms with Gasteiger partial charge in [0, 0.05) is 22.0 Å². The molecule has 33 heavy (non-hydrogen) atoms. The van der Waals surface area contributed by atoms with Crippen molar-refractivity contribution < 1.29 is 9.18 Å². The molecular weight excluding hydrogens is 433 g/mol. The van der Waals surface area contributed by atoms with Crippen molar-refractivity contribution in [3.63, 3.8) is 0 Å². The predicted molar refractivity (Wildman–Crippen MR) is 133 cm³/mol. The number of likely N-dealkylation sites (N-methyl/N-ethyl adjacent to an activating group) is 1. The van der Waals surface area contributed by atoms with Crippen LogP contribution in [0.25, 0.3) is 10.6 Å². The first kappa shape index (κ1) is 23.6.